The molecule has 1 unspecified atom stereocenters. The van der Waals surface area contributed by atoms with E-state index in [4.69, 9.17) is 5.73 Å². The third kappa shape index (κ3) is 0.891. The van der Waals surface area contributed by atoms with E-state index in [9.17, 15) is 0 Å². The van der Waals surface area contributed by atoms with E-state index in [1.807, 2.05) is 0 Å². The first kappa shape index (κ1) is 8.55. The lowest BCUT2D eigenvalue weighted by Crippen LogP contribution is -2.28. The molecule has 0 aromatic carbocycles. The minimum absolute atomic E-state index is 0.481. The Labute approximate surface area is 75.7 Å². The maximum absolute atomic E-state index is 6.24. The Kier molecular flexibility index (Phi) is 1.47. The zero-order valence-corrected chi connectivity index (χ0v) is 8.72. The van der Waals surface area contributed by atoms with Gasteiger partial charge in [-0.2, -0.15) is 0 Å². The fourth-order valence-corrected chi connectivity index (χ4v) is 2.96. The van der Waals surface area contributed by atoms with E-state index < -0.39 is 0 Å². The van der Waals surface area contributed by atoms with Crippen LogP contribution in [0.4, 0.5) is 0 Å². The van der Waals surface area contributed by atoms with Crippen molar-refractivity contribution in [1.29, 1.82) is 0 Å². The van der Waals surface area contributed by atoms with Crippen molar-refractivity contribution < 1.29 is 0 Å². The van der Waals surface area contributed by atoms with Crippen LogP contribution in [0.15, 0.2) is 0 Å². The normalized spacial score (nSPS) is 34.8. The van der Waals surface area contributed by atoms with Gasteiger partial charge in [0.05, 0.1) is 0 Å². The largest absolute Gasteiger partial charge is 0.327 e. The van der Waals surface area contributed by atoms with E-state index in [1.165, 1.54) is 12.8 Å². The molecule has 2 fully saturated rings. The molecule has 0 aliphatic heterocycles. The van der Waals surface area contributed by atoms with Crippen molar-refractivity contribution in [2.45, 2.75) is 46.6 Å². The molecule has 1 heteroatoms. The second-order valence-corrected chi connectivity index (χ2v) is 5.84. The number of rotatable bonds is 2. The van der Waals surface area contributed by atoms with Gasteiger partial charge in [-0.1, -0.05) is 27.7 Å². The summed E-state index contributed by atoms with van der Waals surface area (Å²) in [5.41, 5.74) is 7.20. The quantitative estimate of drug-likeness (QED) is 0.671. The summed E-state index contributed by atoms with van der Waals surface area (Å²) in [6.07, 6.45) is 2.76. The highest BCUT2D eigenvalue weighted by Gasteiger charge is 2.67. The van der Waals surface area contributed by atoms with Crippen LogP contribution >= 0.6 is 0 Å². The Hall–Kier alpha value is -0.0400. The molecule has 0 heterocycles. The first-order valence-electron chi connectivity index (χ1n) is 5.14. The van der Waals surface area contributed by atoms with Crippen molar-refractivity contribution in [2.75, 3.05) is 0 Å². The summed E-state index contributed by atoms with van der Waals surface area (Å²) in [5, 5.41) is 0. The fraction of sp³-hybridized carbons (Fsp3) is 1.00. The molecule has 2 aliphatic carbocycles. The van der Waals surface area contributed by atoms with Gasteiger partial charge in [-0.3, -0.25) is 0 Å². The summed E-state index contributed by atoms with van der Waals surface area (Å²) in [6, 6.07) is 0.481. The minimum atomic E-state index is 0.481. The van der Waals surface area contributed by atoms with E-state index in [-0.39, 0.29) is 0 Å². The first-order chi connectivity index (χ1) is 5.39. The third-order valence-corrected chi connectivity index (χ3v) is 4.68. The predicted molar refractivity (Wildman–Crippen MR) is 51.8 cm³/mol. The molecule has 0 saturated heterocycles. The van der Waals surface area contributed by atoms with Gasteiger partial charge < -0.3 is 5.73 Å². The Morgan fingerprint density at radius 1 is 1.08 bits per heavy atom. The summed E-state index contributed by atoms with van der Waals surface area (Å²) in [5.74, 6) is 1.62. The van der Waals surface area contributed by atoms with Gasteiger partial charge in [-0.05, 0) is 35.5 Å². The molecule has 0 aromatic heterocycles. The molecule has 2 aliphatic rings. The lowest BCUT2D eigenvalue weighted by Gasteiger charge is -2.11. The first-order valence-corrected chi connectivity index (χ1v) is 5.14. The average molecular weight is 167 g/mol. The zero-order valence-electron chi connectivity index (χ0n) is 8.72. The van der Waals surface area contributed by atoms with Gasteiger partial charge in [0.2, 0.25) is 0 Å². The highest BCUT2D eigenvalue weighted by atomic mass is 14.8. The van der Waals surface area contributed by atoms with Crippen molar-refractivity contribution in [3.8, 4) is 0 Å². The van der Waals surface area contributed by atoms with E-state index in [0.29, 0.717) is 16.9 Å². The highest BCUT2D eigenvalue weighted by molar-refractivity contribution is 5.17. The van der Waals surface area contributed by atoms with Gasteiger partial charge in [0, 0.05) is 6.04 Å². The number of hydrogen-bond donors (Lipinski definition) is 1. The van der Waals surface area contributed by atoms with Crippen LogP contribution in [0.25, 0.3) is 0 Å². The molecule has 1 nitrogen and oxygen atoms in total. The molecule has 0 aromatic rings. The third-order valence-electron chi connectivity index (χ3n) is 4.68. The Bertz CT molecular complexity index is 187. The molecule has 0 radical (unpaired) electrons. The van der Waals surface area contributed by atoms with Gasteiger partial charge in [0.1, 0.15) is 0 Å². The molecule has 0 amide bonds. The average Bonchev–Trinajstić information content (AvgIpc) is 2.71. The molecule has 70 valence electrons. The standard InChI is InChI=1S/C11H21N/c1-10(2)9(11(10,3)4)8(12)7-5-6-7/h7-9H,5-6,12H2,1-4H3. The molecular weight excluding hydrogens is 146 g/mol. The van der Waals surface area contributed by atoms with E-state index in [0.717, 1.165) is 11.8 Å². The molecule has 2 saturated carbocycles. The summed E-state index contributed by atoms with van der Waals surface area (Å²) in [6.45, 7) is 9.44. The molecule has 12 heavy (non-hydrogen) atoms. The minimum Gasteiger partial charge on any atom is -0.327 e. The fourth-order valence-electron chi connectivity index (χ4n) is 2.96. The second-order valence-electron chi connectivity index (χ2n) is 5.84. The maximum atomic E-state index is 6.24. The van der Waals surface area contributed by atoms with Crippen molar-refractivity contribution in [3.05, 3.63) is 0 Å². The van der Waals surface area contributed by atoms with Gasteiger partial charge in [-0.15, -0.1) is 0 Å². The summed E-state index contributed by atoms with van der Waals surface area (Å²) in [7, 11) is 0. The van der Waals surface area contributed by atoms with Crippen molar-refractivity contribution in [1.82, 2.24) is 0 Å². The Balaban J connectivity index is 2.07. The summed E-state index contributed by atoms with van der Waals surface area (Å²) >= 11 is 0. The molecule has 1 atom stereocenters. The van der Waals surface area contributed by atoms with Gasteiger partial charge in [0.15, 0.2) is 0 Å². The molecule has 0 spiro atoms. The molecular formula is C11H21N. The van der Waals surface area contributed by atoms with Crippen LogP contribution in [0, 0.1) is 22.7 Å². The van der Waals surface area contributed by atoms with E-state index in [2.05, 4.69) is 27.7 Å². The van der Waals surface area contributed by atoms with Crippen molar-refractivity contribution in [3.63, 3.8) is 0 Å². The van der Waals surface area contributed by atoms with E-state index in [1.54, 1.807) is 0 Å². The topological polar surface area (TPSA) is 26.0 Å². The monoisotopic (exact) mass is 167 g/mol. The second kappa shape index (κ2) is 2.06. The smallest absolute Gasteiger partial charge is 0.0106 e. The molecule has 2 rings (SSSR count). The number of nitrogens with two attached hydrogens (primary N) is 1. The molecule has 2 N–H and O–H groups in total. The van der Waals surface area contributed by atoms with Crippen LogP contribution in [-0.4, -0.2) is 6.04 Å². The van der Waals surface area contributed by atoms with Crippen LogP contribution < -0.4 is 5.73 Å². The van der Waals surface area contributed by atoms with Crippen LogP contribution in [0.3, 0.4) is 0 Å². The van der Waals surface area contributed by atoms with E-state index >= 15 is 0 Å². The lowest BCUT2D eigenvalue weighted by molar-refractivity contribution is 0.441. The van der Waals surface area contributed by atoms with Crippen LogP contribution in [0.5, 0.6) is 0 Å². The number of hydrogen-bond acceptors (Lipinski definition) is 1. The lowest BCUT2D eigenvalue weighted by atomic mass is 10.0. The van der Waals surface area contributed by atoms with Crippen molar-refractivity contribution >= 4 is 0 Å². The highest BCUT2D eigenvalue weighted by Crippen LogP contribution is 2.70. The van der Waals surface area contributed by atoms with Crippen LogP contribution in [0.2, 0.25) is 0 Å². The van der Waals surface area contributed by atoms with Gasteiger partial charge in [0.25, 0.3) is 0 Å². The van der Waals surface area contributed by atoms with Crippen LogP contribution in [0.1, 0.15) is 40.5 Å². The zero-order chi connectivity index (χ0) is 9.15. The predicted octanol–water partition coefficient (Wildman–Crippen LogP) is 2.41. The Morgan fingerprint density at radius 2 is 1.50 bits per heavy atom. The summed E-state index contributed by atoms with van der Waals surface area (Å²) < 4.78 is 0. The van der Waals surface area contributed by atoms with Crippen LogP contribution in [-0.2, 0) is 0 Å². The van der Waals surface area contributed by atoms with Crippen molar-refractivity contribution in [2.24, 2.45) is 28.4 Å². The molecule has 0 bridgehead atoms. The Morgan fingerprint density at radius 3 is 1.75 bits per heavy atom. The van der Waals surface area contributed by atoms with Gasteiger partial charge in [-0.25, -0.2) is 0 Å². The SMILES string of the molecule is CC1(C)C(C(N)C2CC2)C1(C)C. The maximum Gasteiger partial charge on any atom is 0.0106 e. The summed E-state index contributed by atoms with van der Waals surface area (Å²) in [4.78, 5) is 0. The van der Waals surface area contributed by atoms with Gasteiger partial charge >= 0.3 is 0 Å².